The van der Waals surface area contributed by atoms with Crippen LogP contribution in [0.1, 0.15) is 12.8 Å². The largest absolute Gasteiger partial charge is 0.381 e. The van der Waals surface area contributed by atoms with Gasteiger partial charge in [0, 0.05) is 18.9 Å². The first-order valence-corrected chi connectivity index (χ1v) is 8.77. The summed E-state index contributed by atoms with van der Waals surface area (Å²) in [6.45, 7) is 1.07. The predicted molar refractivity (Wildman–Crippen MR) is 87.0 cm³/mol. The third-order valence-corrected chi connectivity index (χ3v) is 5.64. The maximum Gasteiger partial charge on any atom is 0.244 e. The number of benzene rings is 1. The molecule has 1 fully saturated rings. The van der Waals surface area contributed by atoms with Crippen molar-refractivity contribution in [1.29, 1.82) is 0 Å². The van der Waals surface area contributed by atoms with Crippen molar-refractivity contribution in [2.24, 2.45) is 5.73 Å². The molecular formula is C14H17N3O2S2. The lowest BCUT2D eigenvalue weighted by Crippen LogP contribution is -2.54. The van der Waals surface area contributed by atoms with E-state index in [1.54, 1.807) is 23.1 Å². The van der Waals surface area contributed by atoms with Gasteiger partial charge in [0.15, 0.2) is 4.34 Å². The maximum absolute atomic E-state index is 12.4. The molecule has 0 bridgehead atoms. The van der Waals surface area contributed by atoms with Gasteiger partial charge in [-0.2, -0.15) is 0 Å². The molecule has 2 aromatic rings. The number of thioether (sulfide) groups is 1. The smallest absolute Gasteiger partial charge is 0.244 e. The van der Waals surface area contributed by atoms with Gasteiger partial charge in [0.25, 0.3) is 0 Å². The van der Waals surface area contributed by atoms with E-state index in [2.05, 4.69) is 10.3 Å². The van der Waals surface area contributed by atoms with Crippen LogP contribution in [0, 0.1) is 0 Å². The number of carbonyl (C=O) groups excluding carboxylic acids is 1. The number of fused-ring (bicyclic) bond motifs is 1. The number of hydrogen-bond acceptors (Lipinski definition) is 6. The van der Waals surface area contributed by atoms with E-state index in [1.165, 1.54) is 0 Å². The van der Waals surface area contributed by atoms with Gasteiger partial charge in [-0.15, -0.1) is 11.3 Å². The Morgan fingerprint density at radius 2 is 2.24 bits per heavy atom. The highest BCUT2D eigenvalue weighted by atomic mass is 32.2. The Hall–Kier alpha value is -1.15. The highest BCUT2D eigenvalue weighted by Crippen LogP contribution is 2.30. The lowest BCUT2D eigenvalue weighted by atomic mass is 9.90. The van der Waals surface area contributed by atoms with Crippen LogP contribution in [0.5, 0.6) is 0 Å². The number of nitrogens with one attached hydrogen (secondary N) is 1. The quantitative estimate of drug-likeness (QED) is 0.849. The van der Waals surface area contributed by atoms with E-state index in [9.17, 15) is 4.79 Å². The number of nitrogens with zero attached hydrogens (tertiary/aromatic N) is 1. The lowest BCUT2D eigenvalue weighted by Gasteiger charge is -2.31. The van der Waals surface area contributed by atoms with Crippen molar-refractivity contribution in [3.05, 3.63) is 18.2 Å². The molecule has 5 nitrogen and oxygen atoms in total. The fraction of sp³-hybridized carbons (Fsp3) is 0.429. The molecule has 1 aromatic carbocycles. The molecule has 3 rings (SSSR count). The summed E-state index contributed by atoms with van der Waals surface area (Å²) in [6.07, 6.45) is 3.11. The number of ether oxygens (including phenoxy) is 1. The second kappa shape index (κ2) is 5.92. The normalized spacial score (nSPS) is 17.8. The summed E-state index contributed by atoms with van der Waals surface area (Å²) in [5.41, 5.74) is 7.07. The Labute approximate surface area is 131 Å². The number of rotatable bonds is 3. The van der Waals surface area contributed by atoms with Gasteiger partial charge in [-0.3, -0.25) is 4.79 Å². The van der Waals surface area contributed by atoms with Gasteiger partial charge in [0.05, 0.1) is 10.2 Å². The zero-order chi connectivity index (χ0) is 14.9. The van der Waals surface area contributed by atoms with Crippen molar-refractivity contribution in [1.82, 2.24) is 4.98 Å². The van der Waals surface area contributed by atoms with E-state index >= 15 is 0 Å². The molecule has 3 N–H and O–H groups in total. The Morgan fingerprint density at radius 1 is 1.48 bits per heavy atom. The Balaban J connectivity index is 1.79. The molecule has 0 radical (unpaired) electrons. The molecule has 2 heterocycles. The SMILES string of the molecule is CSc1nc2ccc(NC(=O)C3(N)CCOCC3)cc2s1. The third-order valence-electron chi connectivity index (χ3n) is 3.64. The highest BCUT2D eigenvalue weighted by Gasteiger charge is 2.35. The summed E-state index contributed by atoms with van der Waals surface area (Å²) in [7, 11) is 0. The minimum Gasteiger partial charge on any atom is -0.381 e. The van der Waals surface area contributed by atoms with Crippen LogP contribution in [-0.2, 0) is 9.53 Å². The summed E-state index contributed by atoms with van der Waals surface area (Å²) in [5, 5.41) is 2.92. The molecule has 112 valence electrons. The monoisotopic (exact) mass is 323 g/mol. The van der Waals surface area contributed by atoms with Crippen LogP contribution in [0.3, 0.4) is 0 Å². The molecule has 1 saturated heterocycles. The summed E-state index contributed by atoms with van der Waals surface area (Å²) in [6, 6.07) is 5.74. The minimum atomic E-state index is -0.828. The third kappa shape index (κ3) is 3.06. The number of hydrogen-bond donors (Lipinski definition) is 2. The number of aromatic nitrogens is 1. The predicted octanol–water partition coefficient (Wildman–Crippen LogP) is 2.46. The number of thiazole rings is 1. The van der Waals surface area contributed by atoms with Crippen LogP contribution in [-0.4, -0.2) is 35.9 Å². The average molecular weight is 323 g/mol. The molecule has 1 aliphatic rings. The van der Waals surface area contributed by atoms with E-state index in [4.69, 9.17) is 10.5 Å². The van der Waals surface area contributed by atoms with Gasteiger partial charge >= 0.3 is 0 Å². The number of carbonyl (C=O) groups is 1. The van der Waals surface area contributed by atoms with E-state index in [0.717, 1.165) is 20.2 Å². The topological polar surface area (TPSA) is 77.2 Å². The fourth-order valence-corrected chi connectivity index (χ4v) is 3.82. The Bertz CT molecular complexity index is 665. The number of anilines is 1. The van der Waals surface area contributed by atoms with Crippen LogP contribution < -0.4 is 11.1 Å². The molecule has 21 heavy (non-hydrogen) atoms. The van der Waals surface area contributed by atoms with Crippen LogP contribution in [0.25, 0.3) is 10.2 Å². The molecule has 0 spiro atoms. The van der Waals surface area contributed by atoms with E-state index in [0.29, 0.717) is 26.1 Å². The van der Waals surface area contributed by atoms with Gasteiger partial charge in [0.2, 0.25) is 5.91 Å². The van der Waals surface area contributed by atoms with Gasteiger partial charge in [0.1, 0.15) is 5.54 Å². The van der Waals surface area contributed by atoms with E-state index in [-0.39, 0.29) is 5.91 Å². The summed E-state index contributed by atoms with van der Waals surface area (Å²) >= 11 is 3.25. The first kappa shape index (κ1) is 14.8. The highest BCUT2D eigenvalue weighted by molar-refractivity contribution is 8.00. The molecular weight excluding hydrogens is 306 g/mol. The van der Waals surface area contributed by atoms with Crippen molar-refractivity contribution < 1.29 is 9.53 Å². The van der Waals surface area contributed by atoms with Gasteiger partial charge in [-0.1, -0.05) is 11.8 Å². The van der Waals surface area contributed by atoms with Crippen LogP contribution >= 0.6 is 23.1 Å². The average Bonchev–Trinajstić information content (AvgIpc) is 2.90. The van der Waals surface area contributed by atoms with Crippen LogP contribution in [0.2, 0.25) is 0 Å². The van der Waals surface area contributed by atoms with Crippen molar-refractivity contribution in [3.8, 4) is 0 Å². The van der Waals surface area contributed by atoms with Crippen molar-refractivity contribution in [3.63, 3.8) is 0 Å². The van der Waals surface area contributed by atoms with Gasteiger partial charge < -0.3 is 15.8 Å². The van der Waals surface area contributed by atoms with Gasteiger partial charge in [-0.25, -0.2) is 4.98 Å². The maximum atomic E-state index is 12.4. The fourth-order valence-electron chi connectivity index (χ4n) is 2.29. The molecule has 0 aliphatic carbocycles. The number of amides is 1. The molecule has 1 amide bonds. The van der Waals surface area contributed by atoms with E-state index < -0.39 is 5.54 Å². The van der Waals surface area contributed by atoms with E-state index in [1.807, 2.05) is 24.5 Å². The van der Waals surface area contributed by atoms with Crippen LogP contribution in [0.15, 0.2) is 22.5 Å². The molecule has 1 aliphatic heterocycles. The standard InChI is InChI=1S/C14H17N3O2S2/c1-20-13-17-10-3-2-9(8-11(10)21-13)16-12(18)14(15)4-6-19-7-5-14/h2-3,8H,4-7,15H2,1H3,(H,16,18). The Morgan fingerprint density at radius 3 is 2.95 bits per heavy atom. The molecule has 7 heteroatoms. The summed E-state index contributed by atoms with van der Waals surface area (Å²) in [5.74, 6) is -0.139. The lowest BCUT2D eigenvalue weighted by molar-refractivity contribution is -0.124. The zero-order valence-corrected chi connectivity index (χ0v) is 13.4. The zero-order valence-electron chi connectivity index (χ0n) is 11.7. The van der Waals surface area contributed by atoms with Gasteiger partial charge in [-0.05, 0) is 37.3 Å². The molecule has 0 atom stereocenters. The van der Waals surface area contributed by atoms with Crippen molar-refractivity contribution in [2.45, 2.75) is 22.7 Å². The first-order valence-electron chi connectivity index (χ1n) is 6.73. The minimum absolute atomic E-state index is 0.139. The van der Waals surface area contributed by atoms with Crippen molar-refractivity contribution >= 4 is 44.9 Å². The first-order chi connectivity index (χ1) is 10.1. The number of nitrogens with two attached hydrogens (primary N) is 1. The van der Waals surface area contributed by atoms with Crippen molar-refractivity contribution in [2.75, 3.05) is 24.8 Å². The van der Waals surface area contributed by atoms with Crippen LogP contribution in [0.4, 0.5) is 5.69 Å². The summed E-state index contributed by atoms with van der Waals surface area (Å²) < 4.78 is 7.36. The Kier molecular flexibility index (Phi) is 4.17. The molecule has 0 unspecified atom stereocenters. The molecule has 1 aromatic heterocycles. The summed E-state index contributed by atoms with van der Waals surface area (Å²) in [4.78, 5) is 16.9. The second-order valence-corrected chi connectivity index (χ2v) is 7.17. The molecule has 0 saturated carbocycles. The second-order valence-electron chi connectivity index (χ2n) is 5.09.